The number of rotatable bonds is 7. The van der Waals surface area contributed by atoms with Crippen molar-refractivity contribution in [3.05, 3.63) is 23.9 Å². The van der Waals surface area contributed by atoms with Gasteiger partial charge in [-0.25, -0.2) is 4.98 Å². The van der Waals surface area contributed by atoms with Gasteiger partial charge in [-0.2, -0.15) is 0 Å². The van der Waals surface area contributed by atoms with Crippen LogP contribution in [0.4, 0.5) is 5.82 Å². The molecule has 1 N–H and O–H groups in total. The first kappa shape index (κ1) is 16.0. The normalized spacial score (nSPS) is 11.6. The fourth-order valence-corrected chi connectivity index (χ4v) is 1.83. The van der Waals surface area contributed by atoms with Crippen LogP contribution in [0.5, 0.6) is 0 Å². The number of aromatic nitrogens is 1. The van der Waals surface area contributed by atoms with Crippen molar-refractivity contribution in [3.8, 4) is 0 Å². The van der Waals surface area contributed by atoms with Gasteiger partial charge < -0.3 is 10.2 Å². The first-order chi connectivity index (χ1) is 8.92. The van der Waals surface area contributed by atoms with E-state index in [1.54, 1.807) is 0 Å². The quantitative estimate of drug-likeness (QED) is 0.762. The van der Waals surface area contributed by atoms with E-state index in [-0.39, 0.29) is 5.54 Å². The largest absolute Gasteiger partial charge is 0.360 e. The molecule has 3 nitrogen and oxygen atoms in total. The minimum atomic E-state index is 0.148. The molecule has 0 radical (unpaired) electrons. The molecule has 0 saturated heterocycles. The molecule has 0 saturated carbocycles. The molecule has 0 fully saturated rings. The van der Waals surface area contributed by atoms with Gasteiger partial charge in [0.15, 0.2) is 0 Å². The maximum atomic E-state index is 4.54. The van der Waals surface area contributed by atoms with E-state index < -0.39 is 0 Å². The standard InChI is InChI=1S/C16H29N3/c1-6-7-8-11-19(5)15-10-9-14(12-17-15)13-18-16(2,3)4/h9-10,12,18H,6-8,11,13H2,1-5H3. The van der Waals surface area contributed by atoms with Crippen LogP contribution in [0, 0.1) is 0 Å². The Labute approximate surface area is 118 Å². The van der Waals surface area contributed by atoms with E-state index in [4.69, 9.17) is 0 Å². The molecule has 108 valence electrons. The van der Waals surface area contributed by atoms with Gasteiger partial charge in [0.1, 0.15) is 5.82 Å². The second-order valence-electron chi connectivity index (χ2n) is 6.26. The van der Waals surface area contributed by atoms with Gasteiger partial charge in [0.25, 0.3) is 0 Å². The molecular formula is C16H29N3. The number of hydrogen-bond donors (Lipinski definition) is 1. The van der Waals surface area contributed by atoms with E-state index in [2.05, 4.69) is 62.1 Å². The van der Waals surface area contributed by atoms with Gasteiger partial charge >= 0.3 is 0 Å². The molecule has 0 spiro atoms. The number of nitrogens with zero attached hydrogens (tertiary/aromatic N) is 2. The van der Waals surface area contributed by atoms with Crippen LogP contribution in [0.25, 0.3) is 0 Å². The van der Waals surface area contributed by atoms with Crippen LogP contribution in [0.15, 0.2) is 18.3 Å². The van der Waals surface area contributed by atoms with Gasteiger partial charge in [-0.15, -0.1) is 0 Å². The number of hydrogen-bond acceptors (Lipinski definition) is 3. The minimum Gasteiger partial charge on any atom is -0.360 e. The number of pyridine rings is 1. The Morgan fingerprint density at radius 2 is 1.95 bits per heavy atom. The van der Waals surface area contributed by atoms with Crippen molar-refractivity contribution in [2.75, 3.05) is 18.5 Å². The summed E-state index contributed by atoms with van der Waals surface area (Å²) in [6.45, 7) is 10.7. The highest BCUT2D eigenvalue weighted by atomic mass is 15.2. The van der Waals surface area contributed by atoms with Crippen molar-refractivity contribution in [2.45, 2.75) is 59.0 Å². The summed E-state index contributed by atoms with van der Waals surface area (Å²) < 4.78 is 0. The molecule has 0 aliphatic carbocycles. The van der Waals surface area contributed by atoms with Gasteiger partial charge in [-0.3, -0.25) is 0 Å². The zero-order chi connectivity index (χ0) is 14.3. The third-order valence-corrected chi connectivity index (χ3v) is 3.12. The predicted molar refractivity (Wildman–Crippen MR) is 83.6 cm³/mol. The van der Waals surface area contributed by atoms with Crippen LogP contribution in [0.2, 0.25) is 0 Å². The van der Waals surface area contributed by atoms with Crippen molar-refractivity contribution in [2.24, 2.45) is 0 Å². The highest BCUT2D eigenvalue weighted by molar-refractivity contribution is 5.38. The summed E-state index contributed by atoms with van der Waals surface area (Å²) >= 11 is 0. The van der Waals surface area contributed by atoms with Gasteiger partial charge in [-0.05, 0) is 38.8 Å². The Balaban J connectivity index is 2.46. The molecule has 0 amide bonds. The molecule has 3 heteroatoms. The molecule has 0 unspecified atom stereocenters. The smallest absolute Gasteiger partial charge is 0.128 e. The zero-order valence-electron chi connectivity index (χ0n) is 13.2. The lowest BCUT2D eigenvalue weighted by Gasteiger charge is -2.21. The Kier molecular flexibility index (Phi) is 6.29. The van der Waals surface area contributed by atoms with Crippen LogP contribution in [0.3, 0.4) is 0 Å². The molecule has 0 aliphatic heterocycles. The summed E-state index contributed by atoms with van der Waals surface area (Å²) in [5.74, 6) is 1.07. The van der Waals surface area contributed by atoms with Crippen LogP contribution < -0.4 is 10.2 Å². The summed E-state index contributed by atoms with van der Waals surface area (Å²) in [5, 5.41) is 3.48. The van der Waals surface area contributed by atoms with E-state index in [1.165, 1.54) is 24.8 Å². The van der Waals surface area contributed by atoms with Gasteiger partial charge in [0.2, 0.25) is 0 Å². The van der Waals surface area contributed by atoms with E-state index in [9.17, 15) is 0 Å². The maximum Gasteiger partial charge on any atom is 0.128 e. The Bertz CT molecular complexity index is 351. The lowest BCUT2D eigenvalue weighted by molar-refractivity contribution is 0.424. The SMILES string of the molecule is CCCCCN(C)c1ccc(CNC(C)(C)C)cn1. The molecule has 0 aliphatic rings. The summed E-state index contributed by atoms with van der Waals surface area (Å²) in [6, 6.07) is 4.28. The molecule has 1 heterocycles. The molecule has 0 bridgehead atoms. The second-order valence-corrected chi connectivity index (χ2v) is 6.26. The number of anilines is 1. The molecule has 1 aromatic heterocycles. The van der Waals surface area contributed by atoms with Crippen LogP contribution >= 0.6 is 0 Å². The fourth-order valence-electron chi connectivity index (χ4n) is 1.83. The van der Waals surface area contributed by atoms with Gasteiger partial charge in [-0.1, -0.05) is 25.8 Å². The molecule has 1 rings (SSSR count). The Hall–Kier alpha value is -1.09. The number of unbranched alkanes of at least 4 members (excludes halogenated alkanes) is 2. The van der Waals surface area contributed by atoms with Crippen molar-refractivity contribution in [3.63, 3.8) is 0 Å². The minimum absolute atomic E-state index is 0.148. The first-order valence-electron chi connectivity index (χ1n) is 7.33. The fraction of sp³-hybridized carbons (Fsp3) is 0.688. The van der Waals surface area contributed by atoms with E-state index in [0.29, 0.717) is 0 Å². The number of nitrogens with one attached hydrogen (secondary N) is 1. The highest BCUT2D eigenvalue weighted by Gasteiger charge is 2.08. The van der Waals surface area contributed by atoms with Crippen LogP contribution in [-0.2, 0) is 6.54 Å². The molecular weight excluding hydrogens is 234 g/mol. The lowest BCUT2D eigenvalue weighted by atomic mass is 10.1. The third-order valence-electron chi connectivity index (χ3n) is 3.12. The summed E-state index contributed by atoms with van der Waals surface area (Å²) in [4.78, 5) is 6.78. The van der Waals surface area contributed by atoms with Crippen molar-refractivity contribution < 1.29 is 0 Å². The highest BCUT2D eigenvalue weighted by Crippen LogP contribution is 2.11. The summed E-state index contributed by atoms with van der Waals surface area (Å²) in [7, 11) is 2.12. The average molecular weight is 263 g/mol. The zero-order valence-corrected chi connectivity index (χ0v) is 13.2. The van der Waals surface area contributed by atoms with Gasteiger partial charge in [0, 0.05) is 31.9 Å². The van der Waals surface area contributed by atoms with E-state index in [0.717, 1.165) is 18.9 Å². The summed E-state index contributed by atoms with van der Waals surface area (Å²) in [6.07, 6.45) is 5.77. The van der Waals surface area contributed by atoms with Crippen LogP contribution in [0.1, 0.15) is 52.5 Å². The second kappa shape index (κ2) is 7.49. The molecule has 0 aromatic carbocycles. The molecule has 1 aromatic rings. The van der Waals surface area contributed by atoms with Crippen molar-refractivity contribution >= 4 is 5.82 Å². The van der Waals surface area contributed by atoms with Gasteiger partial charge in [0.05, 0.1) is 0 Å². The van der Waals surface area contributed by atoms with Crippen LogP contribution in [-0.4, -0.2) is 24.1 Å². The molecule has 0 atom stereocenters. The Morgan fingerprint density at radius 1 is 1.21 bits per heavy atom. The van der Waals surface area contributed by atoms with Crippen molar-refractivity contribution in [1.29, 1.82) is 0 Å². The predicted octanol–water partition coefficient (Wildman–Crippen LogP) is 3.60. The summed E-state index contributed by atoms with van der Waals surface area (Å²) in [5.41, 5.74) is 1.39. The van der Waals surface area contributed by atoms with E-state index in [1.807, 2.05) is 6.20 Å². The van der Waals surface area contributed by atoms with Crippen molar-refractivity contribution in [1.82, 2.24) is 10.3 Å². The first-order valence-corrected chi connectivity index (χ1v) is 7.33. The average Bonchev–Trinajstić information content (AvgIpc) is 2.36. The topological polar surface area (TPSA) is 28.2 Å². The maximum absolute atomic E-state index is 4.54. The third kappa shape index (κ3) is 6.58. The monoisotopic (exact) mass is 263 g/mol. The molecule has 19 heavy (non-hydrogen) atoms. The van der Waals surface area contributed by atoms with E-state index >= 15 is 0 Å². The Morgan fingerprint density at radius 3 is 2.47 bits per heavy atom. The lowest BCUT2D eigenvalue weighted by Crippen LogP contribution is -2.35.